The Kier molecular flexibility index (Phi) is 6.05. The van der Waals surface area contributed by atoms with E-state index in [1.807, 2.05) is 0 Å². The Bertz CT molecular complexity index is 902. The quantitative estimate of drug-likeness (QED) is 0.798. The SMILES string of the molecule is COc1ncccc1C(=O)NC(CN1CCCC1=O)c1cccc(C(F)(F)F)c1. The third-order valence-corrected chi connectivity index (χ3v) is 4.71. The molecule has 3 rings (SSSR count). The van der Waals surface area contributed by atoms with Crippen molar-refractivity contribution in [3.63, 3.8) is 0 Å². The molecular weight excluding hydrogens is 387 g/mol. The third-order valence-electron chi connectivity index (χ3n) is 4.71. The van der Waals surface area contributed by atoms with Gasteiger partial charge in [-0.05, 0) is 36.2 Å². The molecule has 154 valence electrons. The molecule has 29 heavy (non-hydrogen) atoms. The molecule has 1 aliphatic rings. The maximum Gasteiger partial charge on any atom is 0.416 e. The van der Waals surface area contributed by atoms with E-state index in [9.17, 15) is 22.8 Å². The van der Waals surface area contributed by atoms with Gasteiger partial charge in [-0.1, -0.05) is 12.1 Å². The first-order valence-electron chi connectivity index (χ1n) is 9.04. The van der Waals surface area contributed by atoms with Crippen molar-refractivity contribution in [2.75, 3.05) is 20.2 Å². The second-order valence-corrected chi connectivity index (χ2v) is 6.65. The number of alkyl halides is 3. The number of halogens is 3. The molecule has 1 fully saturated rings. The van der Waals surface area contributed by atoms with Crippen molar-refractivity contribution in [2.24, 2.45) is 0 Å². The van der Waals surface area contributed by atoms with E-state index < -0.39 is 23.7 Å². The number of carbonyl (C=O) groups excluding carboxylic acids is 2. The molecule has 2 heterocycles. The van der Waals surface area contributed by atoms with Crippen molar-refractivity contribution in [1.82, 2.24) is 15.2 Å². The van der Waals surface area contributed by atoms with E-state index in [-0.39, 0.29) is 29.5 Å². The standard InChI is InChI=1S/C20H20F3N3O3/c1-29-19-15(7-3-9-24-19)18(28)25-16(12-26-10-4-8-17(26)27)13-5-2-6-14(11-13)20(21,22)23/h2-3,5-7,9,11,16H,4,8,10,12H2,1H3,(H,25,28). The van der Waals surface area contributed by atoms with Crippen LogP contribution in [-0.4, -0.2) is 41.9 Å². The van der Waals surface area contributed by atoms with E-state index in [2.05, 4.69) is 10.3 Å². The minimum atomic E-state index is -4.51. The second-order valence-electron chi connectivity index (χ2n) is 6.65. The van der Waals surface area contributed by atoms with E-state index in [0.717, 1.165) is 12.1 Å². The number of carbonyl (C=O) groups is 2. The average molecular weight is 407 g/mol. The van der Waals surface area contributed by atoms with Crippen LogP contribution in [0.1, 0.15) is 40.4 Å². The highest BCUT2D eigenvalue weighted by Crippen LogP contribution is 2.31. The van der Waals surface area contributed by atoms with Gasteiger partial charge in [-0.2, -0.15) is 13.2 Å². The normalized spacial score (nSPS) is 15.3. The summed E-state index contributed by atoms with van der Waals surface area (Å²) in [7, 11) is 1.37. The summed E-state index contributed by atoms with van der Waals surface area (Å²) in [5, 5.41) is 2.73. The van der Waals surface area contributed by atoms with Gasteiger partial charge in [0, 0.05) is 25.7 Å². The summed E-state index contributed by atoms with van der Waals surface area (Å²) in [6.07, 6.45) is -1.98. The lowest BCUT2D eigenvalue weighted by molar-refractivity contribution is -0.137. The molecular formula is C20H20F3N3O3. The smallest absolute Gasteiger partial charge is 0.416 e. The van der Waals surface area contributed by atoms with E-state index in [1.54, 1.807) is 11.0 Å². The van der Waals surface area contributed by atoms with Crippen molar-refractivity contribution in [1.29, 1.82) is 0 Å². The van der Waals surface area contributed by atoms with Crippen molar-refractivity contribution in [3.8, 4) is 5.88 Å². The van der Waals surface area contributed by atoms with Gasteiger partial charge in [0.1, 0.15) is 5.56 Å². The fraction of sp³-hybridized carbons (Fsp3) is 0.350. The summed E-state index contributed by atoms with van der Waals surface area (Å²) >= 11 is 0. The molecule has 1 atom stereocenters. The highest BCUT2D eigenvalue weighted by Gasteiger charge is 2.32. The minimum Gasteiger partial charge on any atom is -0.480 e. The number of hydrogen-bond donors (Lipinski definition) is 1. The number of ether oxygens (including phenoxy) is 1. The molecule has 9 heteroatoms. The monoisotopic (exact) mass is 407 g/mol. The minimum absolute atomic E-state index is 0.0778. The molecule has 2 amide bonds. The Morgan fingerprint density at radius 2 is 2.10 bits per heavy atom. The number of likely N-dealkylation sites (tertiary alicyclic amines) is 1. The summed E-state index contributed by atoms with van der Waals surface area (Å²) in [5.74, 6) is -0.538. The van der Waals surface area contributed by atoms with Crippen LogP contribution in [0.25, 0.3) is 0 Å². The molecule has 1 N–H and O–H groups in total. The maximum absolute atomic E-state index is 13.1. The largest absolute Gasteiger partial charge is 0.480 e. The summed E-state index contributed by atoms with van der Waals surface area (Å²) < 4.78 is 44.5. The van der Waals surface area contributed by atoms with Gasteiger partial charge in [-0.3, -0.25) is 9.59 Å². The van der Waals surface area contributed by atoms with Crippen molar-refractivity contribution >= 4 is 11.8 Å². The number of rotatable bonds is 6. The van der Waals surface area contributed by atoms with Crippen LogP contribution in [0.5, 0.6) is 5.88 Å². The lowest BCUT2D eigenvalue weighted by atomic mass is 10.0. The summed E-state index contributed by atoms with van der Waals surface area (Å²) in [5.41, 5.74) is -0.406. The number of hydrogen-bond acceptors (Lipinski definition) is 4. The number of nitrogens with one attached hydrogen (secondary N) is 1. The van der Waals surface area contributed by atoms with Crippen LogP contribution in [0.4, 0.5) is 13.2 Å². The summed E-state index contributed by atoms with van der Waals surface area (Å²) in [4.78, 5) is 30.3. The molecule has 1 saturated heterocycles. The molecule has 0 radical (unpaired) electrons. The fourth-order valence-electron chi connectivity index (χ4n) is 3.25. The predicted octanol–water partition coefficient (Wildman–Crippen LogP) is 3.20. The predicted molar refractivity (Wildman–Crippen MR) is 98.3 cm³/mol. The van der Waals surface area contributed by atoms with Crippen LogP contribution in [0.3, 0.4) is 0 Å². The Labute approximate surface area is 165 Å². The molecule has 0 bridgehead atoms. The zero-order valence-electron chi connectivity index (χ0n) is 15.7. The zero-order valence-corrected chi connectivity index (χ0v) is 15.7. The van der Waals surface area contributed by atoms with Gasteiger partial charge in [0.2, 0.25) is 11.8 Å². The van der Waals surface area contributed by atoms with Gasteiger partial charge in [0.05, 0.1) is 18.7 Å². The fourth-order valence-corrected chi connectivity index (χ4v) is 3.25. The van der Waals surface area contributed by atoms with E-state index in [1.165, 1.54) is 31.5 Å². The number of methoxy groups -OCH3 is 1. The van der Waals surface area contributed by atoms with E-state index in [0.29, 0.717) is 19.4 Å². The molecule has 0 saturated carbocycles. The van der Waals surface area contributed by atoms with Crippen LogP contribution in [-0.2, 0) is 11.0 Å². The average Bonchev–Trinajstić information content (AvgIpc) is 3.11. The van der Waals surface area contributed by atoms with Gasteiger partial charge in [-0.25, -0.2) is 4.98 Å². The number of nitrogens with zero attached hydrogens (tertiary/aromatic N) is 2. The molecule has 2 aromatic rings. The molecule has 1 aliphatic heterocycles. The highest BCUT2D eigenvalue weighted by molar-refractivity contribution is 5.96. The Hall–Kier alpha value is -3.10. The topological polar surface area (TPSA) is 71.5 Å². The van der Waals surface area contributed by atoms with Gasteiger partial charge in [0.25, 0.3) is 5.91 Å². The van der Waals surface area contributed by atoms with Crippen LogP contribution >= 0.6 is 0 Å². The highest BCUT2D eigenvalue weighted by atomic mass is 19.4. The van der Waals surface area contributed by atoms with Crippen molar-refractivity contribution in [2.45, 2.75) is 25.1 Å². The van der Waals surface area contributed by atoms with E-state index >= 15 is 0 Å². The second kappa shape index (κ2) is 8.50. The maximum atomic E-state index is 13.1. The summed E-state index contributed by atoms with van der Waals surface area (Å²) in [6, 6.07) is 6.98. The van der Waals surface area contributed by atoms with E-state index in [4.69, 9.17) is 4.74 Å². The number of benzene rings is 1. The van der Waals surface area contributed by atoms with Crippen molar-refractivity contribution < 1.29 is 27.5 Å². The number of amides is 2. The number of pyridine rings is 1. The lowest BCUT2D eigenvalue weighted by Crippen LogP contribution is -2.38. The summed E-state index contributed by atoms with van der Waals surface area (Å²) in [6.45, 7) is 0.578. The Balaban J connectivity index is 1.91. The van der Waals surface area contributed by atoms with Gasteiger partial charge in [-0.15, -0.1) is 0 Å². The van der Waals surface area contributed by atoms with Gasteiger partial charge in [0.15, 0.2) is 0 Å². The zero-order chi connectivity index (χ0) is 21.0. The molecule has 0 aliphatic carbocycles. The first-order chi connectivity index (χ1) is 13.8. The first-order valence-corrected chi connectivity index (χ1v) is 9.04. The molecule has 1 aromatic carbocycles. The molecule has 0 spiro atoms. The molecule has 1 aromatic heterocycles. The van der Waals surface area contributed by atoms with Crippen molar-refractivity contribution in [3.05, 3.63) is 59.3 Å². The van der Waals surface area contributed by atoms with Crippen LogP contribution in [0, 0.1) is 0 Å². The first kappa shape index (κ1) is 20.6. The van der Waals surface area contributed by atoms with Gasteiger partial charge < -0.3 is 15.0 Å². The van der Waals surface area contributed by atoms with Crippen LogP contribution in [0.2, 0.25) is 0 Å². The third kappa shape index (κ3) is 4.85. The van der Waals surface area contributed by atoms with Crippen LogP contribution in [0.15, 0.2) is 42.6 Å². The molecule has 1 unspecified atom stereocenters. The van der Waals surface area contributed by atoms with Crippen LogP contribution < -0.4 is 10.1 Å². The molecule has 6 nitrogen and oxygen atoms in total. The van der Waals surface area contributed by atoms with Gasteiger partial charge >= 0.3 is 6.18 Å². The number of aromatic nitrogens is 1. The lowest BCUT2D eigenvalue weighted by Gasteiger charge is -2.26. The Morgan fingerprint density at radius 3 is 2.76 bits per heavy atom. The Morgan fingerprint density at radius 1 is 1.31 bits per heavy atom.